The van der Waals surface area contributed by atoms with Crippen LogP contribution in [-0.2, 0) is 13.1 Å². The summed E-state index contributed by atoms with van der Waals surface area (Å²) in [5.41, 5.74) is 2.99. The molecule has 0 atom stereocenters. The minimum Gasteiger partial charge on any atom is -0.497 e. The monoisotopic (exact) mass is 338 g/mol. The lowest BCUT2D eigenvalue weighted by Crippen LogP contribution is -2.29. The lowest BCUT2D eigenvalue weighted by Gasteiger charge is -2.26. The first-order valence-electron chi connectivity index (χ1n) is 8.97. The van der Waals surface area contributed by atoms with Crippen LogP contribution >= 0.6 is 0 Å². The molecule has 1 aliphatic rings. The van der Waals surface area contributed by atoms with Gasteiger partial charge in [-0.15, -0.1) is 0 Å². The van der Waals surface area contributed by atoms with Crippen molar-refractivity contribution in [3.05, 3.63) is 65.2 Å². The summed E-state index contributed by atoms with van der Waals surface area (Å²) in [5, 5.41) is 2.96. The highest BCUT2D eigenvalue weighted by molar-refractivity contribution is 5.94. The Bertz CT molecular complexity index is 691. The molecule has 1 amide bonds. The van der Waals surface area contributed by atoms with Gasteiger partial charge in [-0.2, -0.15) is 0 Å². The molecule has 1 fully saturated rings. The Morgan fingerprint density at radius 3 is 2.52 bits per heavy atom. The van der Waals surface area contributed by atoms with E-state index in [2.05, 4.69) is 22.3 Å². The second-order valence-electron chi connectivity index (χ2n) is 6.57. The van der Waals surface area contributed by atoms with Gasteiger partial charge in [0.1, 0.15) is 5.75 Å². The first kappa shape index (κ1) is 17.5. The summed E-state index contributed by atoms with van der Waals surface area (Å²) in [5.74, 6) is 0.751. The zero-order chi connectivity index (χ0) is 17.5. The smallest absolute Gasteiger partial charge is 0.251 e. The van der Waals surface area contributed by atoms with Gasteiger partial charge < -0.3 is 10.1 Å². The van der Waals surface area contributed by atoms with Crippen molar-refractivity contribution >= 4 is 5.91 Å². The number of likely N-dealkylation sites (tertiary alicyclic amines) is 1. The van der Waals surface area contributed by atoms with E-state index in [0.717, 1.165) is 17.9 Å². The molecule has 0 radical (unpaired) electrons. The quantitative estimate of drug-likeness (QED) is 0.875. The number of hydrogen-bond donors (Lipinski definition) is 1. The third kappa shape index (κ3) is 5.07. The molecule has 0 spiro atoms. The molecule has 0 unspecified atom stereocenters. The van der Waals surface area contributed by atoms with Crippen LogP contribution in [0.5, 0.6) is 5.75 Å². The number of rotatable bonds is 6. The lowest BCUT2D eigenvalue weighted by molar-refractivity contribution is 0.0951. The summed E-state index contributed by atoms with van der Waals surface area (Å²) < 4.78 is 5.21. The Morgan fingerprint density at radius 2 is 1.80 bits per heavy atom. The second-order valence-corrected chi connectivity index (χ2v) is 6.57. The molecule has 25 heavy (non-hydrogen) atoms. The van der Waals surface area contributed by atoms with Crippen molar-refractivity contribution in [2.75, 3.05) is 20.2 Å². The molecule has 2 aromatic rings. The van der Waals surface area contributed by atoms with E-state index in [9.17, 15) is 4.79 Å². The topological polar surface area (TPSA) is 41.6 Å². The van der Waals surface area contributed by atoms with Crippen LogP contribution in [0.3, 0.4) is 0 Å². The summed E-state index contributed by atoms with van der Waals surface area (Å²) in [7, 11) is 1.64. The van der Waals surface area contributed by atoms with Gasteiger partial charge in [-0.25, -0.2) is 0 Å². The highest BCUT2D eigenvalue weighted by atomic mass is 16.5. The Morgan fingerprint density at radius 1 is 1.04 bits per heavy atom. The minimum absolute atomic E-state index is 0.0488. The standard InChI is InChI=1S/C21H26N2O2/c1-25-20-7-5-6-18(14-20)15-22-21(24)19-10-8-17(9-11-19)16-23-12-3-2-4-13-23/h5-11,14H,2-4,12-13,15-16H2,1H3,(H,22,24). The zero-order valence-corrected chi connectivity index (χ0v) is 14.8. The average molecular weight is 338 g/mol. The molecule has 1 N–H and O–H groups in total. The number of benzene rings is 2. The maximum Gasteiger partial charge on any atom is 0.251 e. The van der Waals surface area contributed by atoms with Crippen molar-refractivity contribution in [2.24, 2.45) is 0 Å². The fourth-order valence-electron chi connectivity index (χ4n) is 3.20. The van der Waals surface area contributed by atoms with Gasteiger partial charge in [-0.05, 0) is 61.3 Å². The van der Waals surface area contributed by atoms with E-state index >= 15 is 0 Å². The van der Waals surface area contributed by atoms with Crippen molar-refractivity contribution in [1.82, 2.24) is 10.2 Å². The van der Waals surface area contributed by atoms with E-state index in [0.29, 0.717) is 12.1 Å². The molecule has 1 heterocycles. The number of hydrogen-bond acceptors (Lipinski definition) is 3. The van der Waals surface area contributed by atoms with Gasteiger partial charge in [0, 0.05) is 18.7 Å². The Kier molecular flexibility index (Phi) is 6.07. The van der Waals surface area contributed by atoms with E-state index < -0.39 is 0 Å². The number of nitrogens with one attached hydrogen (secondary N) is 1. The highest BCUT2D eigenvalue weighted by Crippen LogP contribution is 2.14. The first-order chi connectivity index (χ1) is 12.2. The van der Waals surface area contributed by atoms with Crippen molar-refractivity contribution in [2.45, 2.75) is 32.4 Å². The van der Waals surface area contributed by atoms with Gasteiger partial charge in [0.15, 0.2) is 0 Å². The van der Waals surface area contributed by atoms with Gasteiger partial charge in [-0.1, -0.05) is 30.7 Å². The van der Waals surface area contributed by atoms with E-state index in [1.165, 1.54) is 37.9 Å². The molecule has 1 aliphatic heterocycles. The van der Waals surface area contributed by atoms with Crippen molar-refractivity contribution in [3.8, 4) is 5.75 Å². The number of methoxy groups -OCH3 is 1. The molecule has 4 heteroatoms. The predicted octanol–water partition coefficient (Wildman–Crippen LogP) is 3.61. The lowest BCUT2D eigenvalue weighted by atomic mass is 10.1. The number of piperidine rings is 1. The summed E-state index contributed by atoms with van der Waals surface area (Å²) in [6.07, 6.45) is 3.94. The van der Waals surface area contributed by atoms with Gasteiger partial charge in [0.05, 0.1) is 7.11 Å². The fraction of sp³-hybridized carbons (Fsp3) is 0.381. The molecule has 4 nitrogen and oxygen atoms in total. The number of nitrogens with zero attached hydrogens (tertiary/aromatic N) is 1. The van der Waals surface area contributed by atoms with E-state index in [1.54, 1.807) is 7.11 Å². The summed E-state index contributed by atoms with van der Waals surface area (Å²) in [6, 6.07) is 15.7. The van der Waals surface area contributed by atoms with Crippen molar-refractivity contribution in [1.29, 1.82) is 0 Å². The van der Waals surface area contributed by atoms with Gasteiger partial charge in [0.25, 0.3) is 5.91 Å². The van der Waals surface area contributed by atoms with Gasteiger partial charge >= 0.3 is 0 Å². The molecular weight excluding hydrogens is 312 g/mol. The molecule has 132 valence electrons. The molecule has 0 aromatic heterocycles. The van der Waals surface area contributed by atoms with Crippen LogP contribution in [0.2, 0.25) is 0 Å². The first-order valence-corrected chi connectivity index (χ1v) is 8.97. The predicted molar refractivity (Wildman–Crippen MR) is 99.7 cm³/mol. The van der Waals surface area contributed by atoms with Crippen LogP contribution in [0, 0.1) is 0 Å². The average Bonchev–Trinajstić information content (AvgIpc) is 2.67. The number of carbonyl (C=O) groups excluding carboxylic acids is 1. The maximum atomic E-state index is 12.3. The van der Waals surface area contributed by atoms with E-state index in [4.69, 9.17) is 4.74 Å². The third-order valence-electron chi connectivity index (χ3n) is 4.66. The SMILES string of the molecule is COc1cccc(CNC(=O)c2ccc(CN3CCCCC3)cc2)c1. The Hall–Kier alpha value is -2.33. The molecule has 0 saturated carbocycles. The second kappa shape index (κ2) is 8.67. The van der Waals surface area contributed by atoms with Crippen molar-refractivity contribution < 1.29 is 9.53 Å². The van der Waals surface area contributed by atoms with E-state index in [-0.39, 0.29) is 5.91 Å². The van der Waals surface area contributed by atoms with Crippen LogP contribution in [0.1, 0.15) is 40.7 Å². The maximum absolute atomic E-state index is 12.3. The normalized spacial score (nSPS) is 14.9. The van der Waals surface area contributed by atoms with Crippen LogP contribution in [-0.4, -0.2) is 31.0 Å². The molecule has 2 aromatic carbocycles. The summed E-state index contributed by atoms with van der Waals surface area (Å²) >= 11 is 0. The highest BCUT2D eigenvalue weighted by Gasteiger charge is 2.11. The third-order valence-corrected chi connectivity index (χ3v) is 4.66. The largest absolute Gasteiger partial charge is 0.497 e. The molecule has 3 rings (SSSR count). The van der Waals surface area contributed by atoms with Crippen molar-refractivity contribution in [3.63, 3.8) is 0 Å². The molecule has 1 saturated heterocycles. The Labute approximate surface area is 149 Å². The number of amides is 1. The van der Waals surface area contributed by atoms with Gasteiger partial charge in [-0.3, -0.25) is 9.69 Å². The fourth-order valence-corrected chi connectivity index (χ4v) is 3.20. The number of ether oxygens (including phenoxy) is 1. The van der Waals surface area contributed by atoms with E-state index in [1.807, 2.05) is 36.4 Å². The number of carbonyl (C=O) groups is 1. The molecule has 0 aliphatic carbocycles. The summed E-state index contributed by atoms with van der Waals surface area (Å²) in [6.45, 7) is 3.84. The minimum atomic E-state index is -0.0488. The summed E-state index contributed by atoms with van der Waals surface area (Å²) in [4.78, 5) is 14.8. The zero-order valence-electron chi connectivity index (χ0n) is 14.8. The van der Waals surface area contributed by atoms with Crippen LogP contribution in [0.25, 0.3) is 0 Å². The van der Waals surface area contributed by atoms with Crippen LogP contribution < -0.4 is 10.1 Å². The van der Waals surface area contributed by atoms with Crippen LogP contribution in [0.15, 0.2) is 48.5 Å². The molecule has 0 bridgehead atoms. The van der Waals surface area contributed by atoms with Crippen LogP contribution in [0.4, 0.5) is 0 Å². The molecular formula is C21H26N2O2. The van der Waals surface area contributed by atoms with Gasteiger partial charge in [0.2, 0.25) is 0 Å². The Balaban J connectivity index is 1.53.